The first-order valence-corrected chi connectivity index (χ1v) is 14.3. The third-order valence-electron chi connectivity index (χ3n) is 7.41. The van der Waals surface area contributed by atoms with Crippen molar-refractivity contribution in [2.24, 2.45) is 0 Å². The van der Waals surface area contributed by atoms with Gasteiger partial charge in [0.1, 0.15) is 0 Å². The number of unbranched alkanes of at least 4 members (excludes halogenated alkanes) is 12. The molecular formula is C32H49N. The number of aryl methyl sites for hydroxylation is 4. The van der Waals surface area contributed by atoms with Crippen LogP contribution in [-0.4, -0.2) is 0 Å². The van der Waals surface area contributed by atoms with Gasteiger partial charge in [-0.3, -0.25) is 0 Å². The van der Waals surface area contributed by atoms with Crippen LogP contribution in [0.5, 0.6) is 0 Å². The minimum Gasteiger partial charge on any atom is -0.355 e. The van der Waals surface area contributed by atoms with Gasteiger partial charge in [0.25, 0.3) is 0 Å². The summed E-state index contributed by atoms with van der Waals surface area (Å²) in [5.74, 6) is 0. The summed E-state index contributed by atoms with van der Waals surface area (Å²) in [6, 6.07) is 14.3. The third kappa shape index (κ3) is 9.19. The number of nitrogens with one attached hydrogen (secondary N) is 1. The molecule has 1 nitrogen and oxygen atoms in total. The smallest absolute Gasteiger partial charge is 0.0417 e. The molecule has 0 saturated carbocycles. The molecule has 0 aliphatic carbocycles. The molecule has 3 rings (SSSR count). The van der Waals surface area contributed by atoms with E-state index >= 15 is 0 Å². The fourth-order valence-electron chi connectivity index (χ4n) is 5.25. The summed E-state index contributed by atoms with van der Waals surface area (Å²) in [6.07, 6.45) is 24.2. The van der Waals surface area contributed by atoms with E-state index in [0.717, 1.165) is 12.8 Å². The van der Waals surface area contributed by atoms with Crippen molar-refractivity contribution in [1.29, 1.82) is 0 Å². The summed E-state index contributed by atoms with van der Waals surface area (Å²) in [5.41, 5.74) is 8.68. The van der Waals surface area contributed by atoms with Gasteiger partial charge >= 0.3 is 0 Å². The SMILES string of the molecule is CCCCCCCCCc1ccc2c(c1)CCc1cc(CCCCCCCCC)ccc1N2. The maximum Gasteiger partial charge on any atom is 0.0417 e. The molecule has 0 atom stereocenters. The maximum atomic E-state index is 3.75. The van der Waals surface area contributed by atoms with Gasteiger partial charge in [-0.2, -0.15) is 0 Å². The third-order valence-corrected chi connectivity index (χ3v) is 7.41. The minimum absolute atomic E-state index is 1.15. The van der Waals surface area contributed by atoms with Crippen molar-refractivity contribution in [2.45, 2.75) is 129 Å². The van der Waals surface area contributed by atoms with Crippen molar-refractivity contribution < 1.29 is 0 Å². The van der Waals surface area contributed by atoms with Gasteiger partial charge in [0.05, 0.1) is 0 Å². The molecule has 0 saturated heterocycles. The lowest BCUT2D eigenvalue weighted by molar-refractivity contribution is 0.589. The first-order chi connectivity index (χ1) is 16.3. The number of anilines is 2. The molecule has 0 aromatic heterocycles. The van der Waals surface area contributed by atoms with Gasteiger partial charge in [-0.1, -0.05) is 115 Å². The standard InChI is InChI=1S/C32H49N/c1-3-5-7-9-11-13-15-17-27-19-23-31-29(25-27)21-22-30-26-28(20-24-32(30)33-31)18-16-14-12-10-8-6-4-2/h19-20,23-26,33H,3-18,21-22H2,1-2H3. The number of fused-ring (bicyclic) bond motifs is 2. The second-order valence-corrected chi connectivity index (χ2v) is 10.4. The number of hydrogen-bond acceptors (Lipinski definition) is 1. The molecule has 0 radical (unpaired) electrons. The van der Waals surface area contributed by atoms with Crippen molar-refractivity contribution in [3.05, 3.63) is 58.7 Å². The fraction of sp³-hybridized carbons (Fsp3) is 0.625. The Hall–Kier alpha value is -1.76. The summed E-state index contributed by atoms with van der Waals surface area (Å²) in [6.45, 7) is 4.59. The largest absolute Gasteiger partial charge is 0.355 e. The molecule has 0 spiro atoms. The van der Waals surface area contributed by atoms with Crippen LogP contribution in [0.1, 0.15) is 126 Å². The molecule has 1 aliphatic heterocycles. The van der Waals surface area contributed by atoms with Crippen LogP contribution < -0.4 is 5.32 Å². The first-order valence-electron chi connectivity index (χ1n) is 14.3. The van der Waals surface area contributed by atoms with Crippen molar-refractivity contribution in [1.82, 2.24) is 0 Å². The van der Waals surface area contributed by atoms with Crippen LogP contribution in [0, 0.1) is 0 Å². The second-order valence-electron chi connectivity index (χ2n) is 10.4. The molecule has 0 fully saturated rings. The lowest BCUT2D eigenvalue weighted by Crippen LogP contribution is -1.96. The van der Waals surface area contributed by atoms with E-state index in [-0.39, 0.29) is 0 Å². The van der Waals surface area contributed by atoms with Crippen molar-refractivity contribution in [3.8, 4) is 0 Å². The Morgan fingerprint density at radius 1 is 0.515 bits per heavy atom. The summed E-state index contributed by atoms with van der Waals surface area (Å²) < 4.78 is 0. The Morgan fingerprint density at radius 3 is 1.33 bits per heavy atom. The Morgan fingerprint density at radius 2 is 0.909 bits per heavy atom. The molecule has 0 unspecified atom stereocenters. The van der Waals surface area contributed by atoms with E-state index in [1.807, 2.05) is 0 Å². The lowest BCUT2D eigenvalue weighted by Gasteiger charge is -2.12. The summed E-state index contributed by atoms with van der Waals surface area (Å²) in [7, 11) is 0. The van der Waals surface area contributed by atoms with Gasteiger partial charge in [-0.15, -0.1) is 0 Å². The van der Waals surface area contributed by atoms with Crippen LogP contribution in [0.15, 0.2) is 36.4 Å². The lowest BCUT2D eigenvalue weighted by atomic mass is 9.98. The highest BCUT2D eigenvalue weighted by molar-refractivity contribution is 5.69. The maximum absolute atomic E-state index is 3.75. The van der Waals surface area contributed by atoms with Crippen molar-refractivity contribution >= 4 is 11.4 Å². The van der Waals surface area contributed by atoms with Crippen LogP contribution in [0.4, 0.5) is 11.4 Å². The van der Waals surface area contributed by atoms with Crippen LogP contribution >= 0.6 is 0 Å². The zero-order valence-corrected chi connectivity index (χ0v) is 21.7. The average Bonchev–Trinajstić information content (AvgIpc) is 3.01. The molecule has 182 valence electrons. The molecule has 0 amide bonds. The van der Waals surface area contributed by atoms with Crippen LogP contribution in [0.25, 0.3) is 0 Å². The second kappa shape index (κ2) is 15.2. The van der Waals surface area contributed by atoms with E-state index in [1.54, 1.807) is 0 Å². The highest BCUT2D eigenvalue weighted by Crippen LogP contribution is 2.32. The Kier molecular flexibility index (Phi) is 11.9. The zero-order valence-electron chi connectivity index (χ0n) is 21.7. The molecule has 1 N–H and O–H groups in total. The van der Waals surface area contributed by atoms with Crippen LogP contribution in [0.3, 0.4) is 0 Å². The van der Waals surface area contributed by atoms with E-state index in [4.69, 9.17) is 0 Å². The fourth-order valence-corrected chi connectivity index (χ4v) is 5.25. The predicted molar refractivity (Wildman–Crippen MR) is 147 cm³/mol. The van der Waals surface area contributed by atoms with Crippen molar-refractivity contribution in [2.75, 3.05) is 5.32 Å². The van der Waals surface area contributed by atoms with Gasteiger partial charge < -0.3 is 5.32 Å². The van der Waals surface area contributed by atoms with E-state index < -0.39 is 0 Å². The molecule has 1 heterocycles. The molecule has 33 heavy (non-hydrogen) atoms. The monoisotopic (exact) mass is 447 g/mol. The molecule has 1 aliphatic rings. The molecular weight excluding hydrogens is 398 g/mol. The highest BCUT2D eigenvalue weighted by atomic mass is 14.9. The molecule has 1 heteroatoms. The quantitative estimate of drug-likeness (QED) is 0.252. The van der Waals surface area contributed by atoms with E-state index in [0.29, 0.717) is 0 Å². The molecule has 2 aromatic carbocycles. The number of hydrogen-bond donors (Lipinski definition) is 1. The highest BCUT2D eigenvalue weighted by Gasteiger charge is 2.14. The average molecular weight is 448 g/mol. The Balaban J connectivity index is 1.44. The number of benzene rings is 2. The Bertz CT molecular complexity index is 739. The van der Waals surface area contributed by atoms with Gasteiger partial charge in [0, 0.05) is 11.4 Å². The summed E-state index contributed by atoms with van der Waals surface area (Å²) in [5, 5.41) is 3.75. The molecule has 2 aromatic rings. The van der Waals surface area contributed by atoms with Gasteiger partial charge in [-0.05, 0) is 72.9 Å². The van der Waals surface area contributed by atoms with Crippen LogP contribution in [0.2, 0.25) is 0 Å². The summed E-state index contributed by atoms with van der Waals surface area (Å²) >= 11 is 0. The number of rotatable bonds is 16. The van der Waals surface area contributed by atoms with Crippen LogP contribution in [-0.2, 0) is 25.7 Å². The van der Waals surface area contributed by atoms with Crippen molar-refractivity contribution in [3.63, 3.8) is 0 Å². The van der Waals surface area contributed by atoms with Gasteiger partial charge in [-0.25, -0.2) is 0 Å². The van der Waals surface area contributed by atoms with E-state index in [1.165, 1.54) is 136 Å². The normalized spacial score (nSPS) is 12.7. The topological polar surface area (TPSA) is 12.0 Å². The Labute approximate surface area is 204 Å². The van der Waals surface area contributed by atoms with Gasteiger partial charge in [0.15, 0.2) is 0 Å². The first kappa shape index (κ1) is 25.9. The molecule has 0 bridgehead atoms. The summed E-state index contributed by atoms with van der Waals surface area (Å²) in [4.78, 5) is 0. The van der Waals surface area contributed by atoms with E-state index in [9.17, 15) is 0 Å². The minimum atomic E-state index is 1.15. The van der Waals surface area contributed by atoms with Gasteiger partial charge in [0.2, 0.25) is 0 Å². The predicted octanol–water partition coefficient (Wildman–Crippen LogP) is 10.1. The zero-order chi connectivity index (χ0) is 23.1. The van der Waals surface area contributed by atoms with E-state index in [2.05, 4.69) is 55.6 Å².